The van der Waals surface area contributed by atoms with Crippen LogP contribution in [0.2, 0.25) is 0 Å². The molecule has 7 nitrogen and oxygen atoms in total. The lowest BCUT2D eigenvalue weighted by molar-refractivity contribution is -0.203. The Morgan fingerprint density at radius 3 is 2.58 bits per heavy atom. The fourth-order valence-corrected chi connectivity index (χ4v) is 10.9. The van der Waals surface area contributed by atoms with Gasteiger partial charge in [-0.15, -0.1) is 5.10 Å². The number of Topliss-reactive ketones (excluding diaryl/α,β-unsaturated/α-hetero) is 2. The molecule has 0 radical (unpaired) electrons. The number of carbonyl (C=O) groups is 3. The molecule has 7 heteroatoms. The molecule has 1 aromatic heterocycles. The standard InChI is InChI=1S/C36H45N3O4/c1-22(2)26-18-36-16-13-29-34(3,30(36)17-25(26)31-27(40)11-12-28(41)32(31)36)14-8-15-35(29,4)33(42)43-21-24-20-39(38-37-24)19-23-9-6-5-7-10-23/h5-7,9-10,18,20,22,25,29-32H,8,11-17,19,21H2,1-4H3. The van der Waals surface area contributed by atoms with Gasteiger partial charge in [0, 0.05) is 30.1 Å². The minimum absolute atomic E-state index is 0.0912. The van der Waals surface area contributed by atoms with E-state index in [1.165, 1.54) is 5.57 Å². The van der Waals surface area contributed by atoms with Crippen molar-refractivity contribution in [3.05, 3.63) is 59.4 Å². The maximum absolute atomic E-state index is 14.0. The van der Waals surface area contributed by atoms with E-state index in [0.29, 0.717) is 48.5 Å². The van der Waals surface area contributed by atoms with E-state index in [4.69, 9.17) is 4.74 Å². The summed E-state index contributed by atoms with van der Waals surface area (Å²) < 4.78 is 7.80. The van der Waals surface area contributed by atoms with Crippen molar-refractivity contribution in [3.8, 4) is 0 Å². The largest absolute Gasteiger partial charge is 0.459 e. The molecule has 0 N–H and O–H groups in total. The molecule has 4 fully saturated rings. The zero-order chi connectivity index (χ0) is 30.1. The number of benzene rings is 1. The Labute approximate surface area is 254 Å². The van der Waals surface area contributed by atoms with Gasteiger partial charge < -0.3 is 4.74 Å². The number of esters is 1. The summed E-state index contributed by atoms with van der Waals surface area (Å²) in [5, 5.41) is 8.51. The lowest BCUT2D eigenvalue weighted by atomic mass is 9.33. The molecule has 228 valence electrons. The lowest BCUT2D eigenvalue weighted by Gasteiger charge is -2.70. The number of hydrogen-bond donors (Lipinski definition) is 0. The van der Waals surface area contributed by atoms with Crippen LogP contribution in [0.4, 0.5) is 0 Å². The van der Waals surface area contributed by atoms with Crippen molar-refractivity contribution in [1.82, 2.24) is 15.0 Å². The summed E-state index contributed by atoms with van der Waals surface area (Å²) in [4.78, 5) is 41.0. The van der Waals surface area contributed by atoms with Crippen LogP contribution in [0.15, 0.2) is 48.2 Å². The summed E-state index contributed by atoms with van der Waals surface area (Å²) >= 11 is 0. The van der Waals surface area contributed by atoms with E-state index >= 15 is 0 Å². The van der Waals surface area contributed by atoms with Crippen molar-refractivity contribution in [3.63, 3.8) is 0 Å². The van der Waals surface area contributed by atoms with E-state index in [9.17, 15) is 14.4 Å². The zero-order valence-corrected chi connectivity index (χ0v) is 26.1. The highest BCUT2D eigenvalue weighted by Crippen LogP contribution is 2.74. The number of hydrogen-bond acceptors (Lipinski definition) is 6. The summed E-state index contributed by atoms with van der Waals surface area (Å²) in [6.45, 7) is 9.73. The van der Waals surface area contributed by atoms with E-state index in [2.05, 4.69) is 56.2 Å². The van der Waals surface area contributed by atoms with Gasteiger partial charge in [-0.3, -0.25) is 14.4 Å². The number of ketones is 2. The van der Waals surface area contributed by atoms with Gasteiger partial charge in [-0.1, -0.05) is 74.4 Å². The normalized spacial score (nSPS) is 38.3. The molecule has 1 spiro atoms. The minimum Gasteiger partial charge on any atom is -0.459 e. The van der Waals surface area contributed by atoms with Gasteiger partial charge in [0.15, 0.2) is 0 Å². The predicted molar refractivity (Wildman–Crippen MR) is 161 cm³/mol. The maximum Gasteiger partial charge on any atom is 0.312 e. The van der Waals surface area contributed by atoms with Crippen molar-refractivity contribution in [2.45, 2.75) is 92.2 Å². The zero-order valence-electron chi connectivity index (χ0n) is 26.1. The number of fused-ring (bicyclic) bond motifs is 1. The van der Waals surface area contributed by atoms with Gasteiger partial charge in [0.05, 0.1) is 18.2 Å². The van der Waals surface area contributed by atoms with Crippen LogP contribution in [-0.2, 0) is 32.3 Å². The second-order valence-electron chi connectivity index (χ2n) is 15.1. The predicted octanol–water partition coefficient (Wildman–Crippen LogP) is 6.36. The average molecular weight is 584 g/mol. The van der Waals surface area contributed by atoms with Gasteiger partial charge in [-0.2, -0.15) is 0 Å². The summed E-state index contributed by atoms with van der Waals surface area (Å²) in [6, 6.07) is 10.1. The van der Waals surface area contributed by atoms with Crippen molar-refractivity contribution >= 4 is 17.5 Å². The Hall–Kier alpha value is -3.09. The van der Waals surface area contributed by atoms with Gasteiger partial charge in [-0.25, -0.2) is 4.68 Å². The smallest absolute Gasteiger partial charge is 0.312 e. The third-order valence-electron chi connectivity index (χ3n) is 12.6. The molecule has 1 aromatic carbocycles. The number of ether oxygens (including phenoxy) is 1. The lowest BCUT2D eigenvalue weighted by Crippen LogP contribution is -2.67. The molecule has 2 aromatic rings. The van der Waals surface area contributed by atoms with E-state index in [1.54, 1.807) is 4.68 Å². The molecule has 4 saturated carbocycles. The van der Waals surface area contributed by atoms with Crippen LogP contribution < -0.4 is 0 Å². The summed E-state index contributed by atoms with van der Waals surface area (Å²) in [5.74, 6) is 1.15. The van der Waals surface area contributed by atoms with Crippen LogP contribution in [0, 0.1) is 51.8 Å². The number of aromatic nitrogens is 3. The van der Waals surface area contributed by atoms with Crippen molar-refractivity contribution in [2.24, 2.45) is 51.8 Å². The Bertz CT molecular complexity index is 1480. The third-order valence-corrected chi connectivity index (χ3v) is 12.6. The quantitative estimate of drug-likeness (QED) is 0.290. The Morgan fingerprint density at radius 2 is 1.81 bits per heavy atom. The molecule has 0 saturated heterocycles. The molecule has 0 amide bonds. The van der Waals surface area contributed by atoms with Crippen LogP contribution in [0.3, 0.4) is 0 Å². The van der Waals surface area contributed by atoms with E-state index in [-0.39, 0.29) is 47.1 Å². The summed E-state index contributed by atoms with van der Waals surface area (Å²) in [5.41, 5.74) is 2.24. The van der Waals surface area contributed by atoms with Crippen molar-refractivity contribution in [2.75, 3.05) is 0 Å². The minimum atomic E-state index is -0.596. The Balaban J connectivity index is 1.13. The third kappa shape index (κ3) is 4.31. The summed E-state index contributed by atoms with van der Waals surface area (Å²) in [6.07, 6.45) is 10.7. The van der Waals surface area contributed by atoms with Gasteiger partial charge in [-0.05, 0) is 73.7 Å². The highest BCUT2D eigenvalue weighted by atomic mass is 16.5. The molecule has 0 aliphatic heterocycles. The molecule has 6 aliphatic carbocycles. The van der Waals surface area contributed by atoms with Crippen LogP contribution in [0.25, 0.3) is 0 Å². The highest BCUT2D eigenvalue weighted by molar-refractivity contribution is 5.98. The Kier molecular flexibility index (Phi) is 6.82. The maximum atomic E-state index is 14.0. The second-order valence-corrected chi connectivity index (χ2v) is 15.1. The summed E-state index contributed by atoms with van der Waals surface area (Å²) in [7, 11) is 0. The highest BCUT2D eigenvalue weighted by Gasteiger charge is 2.71. The van der Waals surface area contributed by atoms with Crippen molar-refractivity contribution < 1.29 is 19.1 Å². The number of nitrogens with zero attached hydrogens (tertiary/aromatic N) is 3. The average Bonchev–Trinajstić information content (AvgIpc) is 3.44. The van der Waals surface area contributed by atoms with Gasteiger partial charge in [0.1, 0.15) is 23.9 Å². The SMILES string of the molecule is CC(C)C1=CC23CCC4C(C)(C(=O)OCc5cn(Cc6ccccc6)nn5)CCCC4(C)C2CC1C1C(=O)CCC(=O)C13. The first-order valence-electron chi connectivity index (χ1n) is 16.4. The van der Waals surface area contributed by atoms with Gasteiger partial charge in [0.25, 0.3) is 0 Å². The molecule has 8 rings (SSSR count). The van der Waals surface area contributed by atoms with E-state index < -0.39 is 5.41 Å². The molecular formula is C36H45N3O4. The molecule has 2 bridgehead atoms. The second kappa shape index (κ2) is 10.2. The Morgan fingerprint density at radius 1 is 1.05 bits per heavy atom. The van der Waals surface area contributed by atoms with E-state index in [1.807, 2.05) is 24.4 Å². The van der Waals surface area contributed by atoms with Gasteiger partial charge >= 0.3 is 5.97 Å². The molecular weight excluding hydrogens is 538 g/mol. The molecule has 43 heavy (non-hydrogen) atoms. The topological polar surface area (TPSA) is 91.2 Å². The first-order valence-corrected chi connectivity index (χ1v) is 16.4. The first kappa shape index (κ1) is 28.7. The van der Waals surface area contributed by atoms with E-state index in [0.717, 1.165) is 44.1 Å². The van der Waals surface area contributed by atoms with Crippen molar-refractivity contribution in [1.29, 1.82) is 0 Å². The fraction of sp³-hybridized carbons (Fsp3) is 0.639. The van der Waals surface area contributed by atoms with Crippen LogP contribution >= 0.6 is 0 Å². The van der Waals surface area contributed by atoms with Gasteiger partial charge in [0.2, 0.25) is 0 Å². The van der Waals surface area contributed by atoms with Crippen LogP contribution in [-0.4, -0.2) is 32.5 Å². The van der Waals surface area contributed by atoms with Crippen LogP contribution in [0.1, 0.15) is 90.3 Å². The molecule has 8 atom stereocenters. The number of rotatable bonds is 6. The molecule has 6 aliphatic rings. The molecule has 8 unspecified atom stereocenters. The number of carbonyl (C=O) groups excluding carboxylic acids is 3. The number of allylic oxidation sites excluding steroid dienone is 2. The van der Waals surface area contributed by atoms with Crippen LogP contribution in [0.5, 0.6) is 0 Å². The monoisotopic (exact) mass is 583 g/mol. The molecule has 1 heterocycles. The first-order chi connectivity index (χ1) is 20.6. The fourth-order valence-electron chi connectivity index (χ4n) is 10.9.